The number of aliphatic carboxylic acids is 1. The molecule has 1 aromatic rings. The maximum absolute atomic E-state index is 12.4. The Morgan fingerprint density at radius 3 is 2.67 bits per heavy atom. The molecule has 1 fully saturated rings. The van der Waals surface area contributed by atoms with Gasteiger partial charge >= 0.3 is 5.97 Å². The van der Waals surface area contributed by atoms with Gasteiger partial charge in [0, 0.05) is 4.47 Å². The lowest BCUT2D eigenvalue weighted by molar-refractivity contribution is -0.145. The van der Waals surface area contributed by atoms with Gasteiger partial charge in [0.15, 0.2) is 0 Å². The van der Waals surface area contributed by atoms with Crippen molar-refractivity contribution in [2.45, 2.75) is 19.8 Å². The average molecular weight is 351 g/mol. The molecule has 1 aliphatic carbocycles. The van der Waals surface area contributed by atoms with Crippen LogP contribution in [0.25, 0.3) is 0 Å². The summed E-state index contributed by atoms with van der Waals surface area (Å²) in [6.45, 7) is 1.95. The highest BCUT2D eigenvalue weighted by Crippen LogP contribution is 2.37. The predicted molar refractivity (Wildman–Crippen MR) is 80.5 cm³/mol. The van der Waals surface area contributed by atoms with Crippen LogP contribution in [0.5, 0.6) is 0 Å². The Bertz CT molecular complexity index is 624. The lowest BCUT2D eigenvalue weighted by Gasteiger charge is -2.16. The molecule has 1 saturated carbocycles. The van der Waals surface area contributed by atoms with E-state index in [2.05, 4.69) is 21.2 Å². The molecule has 0 aliphatic heterocycles. The highest BCUT2D eigenvalue weighted by atomic mass is 79.9. The van der Waals surface area contributed by atoms with Crippen LogP contribution in [0.3, 0.4) is 0 Å². The van der Waals surface area contributed by atoms with Crippen molar-refractivity contribution in [1.82, 2.24) is 0 Å². The number of halogens is 1. The van der Waals surface area contributed by atoms with E-state index in [0.717, 1.165) is 4.47 Å². The molecule has 3 unspecified atom stereocenters. The molecule has 2 rings (SSSR count). The number of nitriles is 1. The molecule has 110 valence electrons. The molecule has 0 bridgehead atoms. The van der Waals surface area contributed by atoms with Gasteiger partial charge in [0.25, 0.3) is 0 Å². The van der Waals surface area contributed by atoms with E-state index in [1.54, 1.807) is 18.2 Å². The molecule has 0 radical (unpaired) electrons. The summed E-state index contributed by atoms with van der Waals surface area (Å²) < 4.78 is 0.742. The number of carboxylic acids is 1. The van der Waals surface area contributed by atoms with Gasteiger partial charge in [-0.1, -0.05) is 22.9 Å². The summed E-state index contributed by atoms with van der Waals surface area (Å²) in [5, 5.41) is 21.0. The maximum atomic E-state index is 12.4. The van der Waals surface area contributed by atoms with Crippen LogP contribution < -0.4 is 5.32 Å². The van der Waals surface area contributed by atoms with Gasteiger partial charge in [-0.25, -0.2) is 0 Å². The van der Waals surface area contributed by atoms with Crippen LogP contribution in [0.15, 0.2) is 22.7 Å². The molecule has 0 saturated heterocycles. The molecule has 1 amide bonds. The zero-order valence-electron chi connectivity index (χ0n) is 11.5. The number of amides is 1. The molecule has 1 aliphatic rings. The number of anilines is 1. The van der Waals surface area contributed by atoms with Crippen LogP contribution in [0.2, 0.25) is 0 Å². The van der Waals surface area contributed by atoms with Crippen LogP contribution in [0.1, 0.15) is 25.3 Å². The fourth-order valence-corrected chi connectivity index (χ4v) is 3.16. The van der Waals surface area contributed by atoms with Crippen molar-refractivity contribution in [3.8, 4) is 6.07 Å². The highest BCUT2D eigenvalue weighted by molar-refractivity contribution is 9.10. The summed E-state index contributed by atoms with van der Waals surface area (Å²) in [5.74, 6) is -2.27. The van der Waals surface area contributed by atoms with Gasteiger partial charge in [-0.05, 0) is 37.0 Å². The molecule has 3 atom stereocenters. The SMILES string of the molecule is CC1CC(C(=O)O)C(C(=O)Nc2cc(Br)ccc2C#N)C1. The number of nitrogens with one attached hydrogen (secondary N) is 1. The number of rotatable bonds is 3. The minimum absolute atomic E-state index is 0.208. The fourth-order valence-electron chi connectivity index (χ4n) is 2.80. The van der Waals surface area contributed by atoms with E-state index in [0.29, 0.717) is 24.1 Å². The van der Waals surface area contributed by atoms with Crippen LogP contribution >= 0.6 is 15.9 Å². The Balaban J connectivity index is 2.20. The molecule has 21 heavy (non-hydrogen) atoms. The molecule has 0 spiro atoms. The van der Waals surface area contributed by atoms with E-state index < -0.39 is 17.8 Å². The van der Waals surface area contributed by atoms with Crippen LogP contribution in [0.4, 0.5) is 5.69 Å². The third-order valence-electron chi connectivity index (χ3n) is 3.81. The molecule has 2 N–H and O–H groups in total. The number of hydrogen-bond acceptors (Lipinski definition) is 3. The minimum Gasteiger partial charge on any atom is -0.481 e. The van der Waals surface area contributed by atoms with E-state index in [9.17, 15) is 14.7 Å². The molecule has 1 aromatic carbocycles. The second kappa shape index (κ2) is 6.27. The van der Waals surface area contributed by atoms with Crippen molar-refractivity contribution in [3.63, 3.8) is 0 Å². The van der Waals surface area contributed by atoms with Crippen molar-refractivity contribution >= 4 is 33.5 Å². The van der Waals surface area contributed by atoms with Gasteiger partial charge in [0.1, 0.15) is 6.07 Å². The summed E-state index contributed by atoms with van der Waals surface area (Å²) >= 11 is 3.29. The lowest BCUT2D eigenvalue weighted by Crippen LogP contribution is -2.30. The largest absolute Gasteiger partial charge is 0.481 e. The first-order valence-corrected chi connectivity index (χ1v) is 7.45. The van der Waals surface area contributed by atoms with Crippen LogP contribution in [-0.4, -0.2) is 17.0 Å². The van der Waals surface area contributed by atoms with E-state index >= 15 is 0 Å². The zero-order chi connectivity index (χ0) is 15.6. The third-order valence-corrected chi connectivity index (χ3v) is 4.31. The zero-order valence-corrected chi connectivity index (χ0v) is 13.1. The number of nitrogens with zero attached hydrogens (tertiary/aromatic N) is 1. The molecule has 6 heteroatoms. The standard InChI is InChI=1S/C15H15BrN2O3/c1-8-4-11(12(5-8)15(20)21)14(19)18-13-6-10(16)3-2-9(13)7-17/h2-3,6,8,11-12H,4-5H2,1H3,(H,18,19)(H,20,21). The van der Waals surface area contributed by atoms with Gasteiger partial charge in [0.2, 0.25) is 5.91 Å². The average Bonchev–Trinajstić information content (AvgIpc) is 2.81. The molecule has 0 aromatic heterocycles. The fraction of sp³-hybridized carbons (Fsp3) is 0.400. The van der Waals surface area contributed by atoms with Crippen LogP contribution in [-0.2, 0) is 9.59 Å². The topological polar surface area (TPSA) is 90.2 Å². The Morgan fingerprint density at radius 1 is 1.38 bits per heavy atom. The van der Waals surface area contributed by atoms with Gasteiger partial charge in [0.05, 0.1) is 23.1 Å². The third kappa shape index (κ3) is 3.42. The summed E-state index contributed by atoms with van der Waals surface area (Å²) in [5.41, 5.74) is 0.755. The van der Waals surface area contributed by atoms with E-state index in [-0.39, 0.29) is 11.8 Å². The second-order valence-corrected chi connectivity index (χ2v) is 6.33. The normalized spacial score (nSPS) is 24.3. The first kappa shape index (κ1) is 15.5. The van der Waals surface area contributed by atoms with Crippen molar-refractivity contribution in [3.05, 3.63) is 28.2 Å². The van der Waals surface area contributed by atoms with E-state index in [4.69, 9.17) is 5.26 Å². The number of hydrogen-bond donors (Lipinski definition) is 2. The highest BCUT2D eigenvalue weighted by Gasteiger charge is 2.41. The summed E-state index contributed by atoms with van der Waals surface area (Å²) in [4.78, 5) is 23.6. The summed E-state index contributed by atoms with van der Waals surface area (Å²) in [7, 11) is 0. The number of benzene rings is 1. The molecular weight excluding hydrogens is 336 g/mol. The van der Waals surface area contributed by atoms with Gasteiger partial charge in [-0.3, -0.25) is 9.59 Å². The lowest BCUT2D eigenvalue weighted by atomic mass is 9.95. The van der Waals surface area contributed by atoms with E-state index in [1.807, 2.05) is 13.0 Å². The van der Waals surface area contributed by atoms with Gasteiger partial charge < -0.3 is 10.4 Å². The maximum Gasteiger partial charge on any atom is 0.307 e. The Labute approximate surface area is 131 Å². The summed E-state index contributed by atoms with van der Waals surface area (Å²) in [6.07, 6.45) is 1.07. The Kier molecular flexibility index (Phi) is 4.63. The number of carboxylic acid groups (broad SMARTS) is 1. The molecule has 5 nitrogen and oxygen atoms in total. The monoisotopic (exact) mass is 350 g/mol. The Hall–Kier alpha value is -1.87. The van der Waals surface area contributed by atoms with Crippen LogP contribution in [0, 0.1) is 29.1 Å². The Morgan fingerprint density at radius 2 is 2.05 bits per heavy atom. The number of carbonyl (C=O) groups is 2. The van der Waals surface area contributed by atoms with Gasteiger partial charge in [-0.15, -0.1) is 0 Å². The van der Waals surface area contributed by atoms with E-state index in [1.165, 1.54) is 0 Å². The molecule has 0 heterocycles. The summed E-state index contributed by atoms with van der Waals surface area (Å²) in [6, 6.07) is 6.97. The predicted octanol–water partition coefficient (Wildman–Crippen LogP) is 3.01. The first-order valence-electron chi connectivity index (χ1n) is 6.65. The van der Waals surface area contributed by atoms with Crippen molar-refractivity contribution in [2.75, 3.05) is 5.32 Å². The van der Waals surface area contributed by atoms with Gasteiger partial charge in [-0.2, -0.15) is 5.26 Å². The smallest absolute Gasteiger partial charge is 0.307 e. The van der Waals surface area contributed by atoms with Crippen molar-refractivity contribution in [2.24, 2.45) is 17.8 Å². The number of carbonyl (C=O) groups excluding carboxylic acids is 1. The second-order valence-electron chi connectivity index (χ2n) is 5.42. The van der Waals surface area contributed by atoms with Crippen molar-refractivity contribution in [1.29, 1.82) is 5.26 Å². The minimum atomic E-state index is -0.936. The van der Waals surface area contributed by atoms with Crippen molar-refractivity contribution < 1.29 is 14.7 Å². The molecular formula is C15H15BrN2O3. The first-order chi connectivity index (χ1) is 9.92. The quantitative estimate of drug-likeness (QED) is 0.876.